The van der Waals surface area contributed by atoms with E-state index in [1.807, 2.05) is 20.8 Å². The molecule has 0 spiro atoms. The molecule has 5 heteroatoms. The van der Waals surface area contributed by atoms with Gasteiger partial charge in [0.15, 0.2) is 0 Å². The molecule has 1 rings (SSSR count). The summed E-state index contributed by atoms with van der Waals surface area (Å²) in [4.78, 5) is 25.2. The Morgan fingerprint density at radius 3 is 2.21 bits per heavy atom. The maximum atomic E-state index is 12.4. The summed E-state index contributed by atoms with van der Waals surface area (Å²) in [6.07, 6.45) is 0.523. The molecule has 0 aromatic carbocycles. The molecule has 5 nitrogen and oxygen atoms in total. The molecule has 1 aliphatic rings. The third-order valence-corrected chi connectivity index (χ3v) is 4.04. The molecule has 1 heterocycles. The van der Waals surface area contributed by atoms with E-state index in [1.54, 1.807) is 0 Å². The maximum absolute atomic E-state index is 12.4. The standard InChI is InChI=1S/C14H26N2O3/c1-8(2)9-6-10(13(18)19)16(7-9)12(17)11(15)14(3,4)5/h8-11H,6-7,15H2,1-5H3,(H,18,19)/t9-,10-,11+/m0/s1. The van der Waals surface area contributed by atoms with Gasteiger partial charge in [-0.3, -0.25) is 4.79 Å². The monoisotopic (exact) mass is 270 g/mol. The number of carboxylic acid groups (broad SMARTS) is 1. The first-order valence-electron chi connectivity index (χ1n) is 6.84. The summed E-state index contributed by atoms with van der Waals surface area (Å²) in [6.45, 7) is 10.3. The van der Waals surface area contributed by atoms with Crippen LogP contribution < -0.4 is 5.73 Å². The SMILES string of the molecule is CC(C)[C@H]1C[C@@H](C(=O)O)N(C(=O)[C@@H](N)C(C)(C)C)C1. The largest absolute Gasteiger partial charge is 0.480 e. The first-order chi connectivity index (χ1) is 8.55. The topological polar surface area (TPSA) is 83.6 Å². The molecule has 0 aromatic rings. The highest BCUT2D eigenvalue weighted by molar-refractivity contribution is 5.88. The number of carbonyl (C=O) groups is 2. The second-order valence-corrected chi connectivity index (χ2v) is 6.93. The van der Waals surface area contributed by atoms with Crippen molar-refractivity contribution in [3.63, 3.8) is 0 Å². The van der Waals surface area contributed by atoms with Gasteiger partial charge >= 0.3 is 5.97 Å². The Kier molecular flexibility index (Phi) is 4.61. The Balaban J connectivity index is 2.91. The van der Waals surface area contributed by atoms with Gasteiger partial charge in [-0.25, -0.2) is 4.79 Å². The highest BCUT2D eigenvalue weighted by Crippen LogP contribution is 2.31. The lowest BCUT2D eigenvalue weighted by molar-refractivity contribution is -0.149. The van der Waals surface area contributed by atoms with Crippen molar-refractivity contribution in [2.75, 3.05) is 6.54 Å². The van der Waals surface area contributed by atoms with Crippen molar-refractivity contribution in [2.24, 2.45) is 23.0 Å². The van der Waals surface area contributed by atoms with Crippen LogP contribution in [0.1, 0.15) is 41.0 Å². The van der Waals surface area contributed by atoms with E-state index in [4.69, 9.17) is 5.73 Å². The Hall–Kier alpha value is -1.10. The van der Waals surface area contributed by atoms with E-state index < -0.39 is 18.1 Å². The normalized spacial score (nSPS) is 25.7. The highest BCUT2D eigenvalue weighted by atomic mass is 16.4. The van der Waals surface area contributed by atoms with Crippen LogP contribution in [0, 0.1) is 17.3 Å². The summed E-state index contributed by atoms with van der Waals surface area (Å²) in [6, 6.07) is -1.39. The smallest absolute Gasteiger partial charge is 0.326 e. The molecule has 0 unspecified atom stereocenters. The molecule has 110 valence electrons. The van der Waals surface area contributed by atoms with Crippen molar-refractivity contribution < 1.29 is 14.7 Å². The molecule has 1 aliphatic heterocycles. The Labute approximate surface area is 115 Å². The van der Waals surface area contributed by atoms with Crippen LogP contribution in [0.4, 0.5) is 0 Å². The number of carboxylic acids is 1. The predicted octanol–water partition coefficient (Wildman–Crippen LogP) is 1.32. The zero-order valence-electron chi connectivity index (χ0n) is 12.5. The van der Waals surface area contributed by atoms with Crippen molar-refractivity contribution in [1.82, 2.24) is 4.90 Å². The third-order valence-electron chi connectivity index (χ3n) is 4.04. The number of carbonyl (C=O) groups excluding carboxylic acids is 1. The summed E-state index contributed by atoms with van der Waals surface area (Å²) in [5.41, 5.74) is 5.61. The van der Waals surface area contributed by atoms with E-state index in [0.29, 0.717) is 18.9 Å². The first-order valence-corrected chi connectivity index (χ1v) is 6.84. The molecule has 0 saturated carbocycles. The van der Waals surface area contributed by atoms with Gasteiger partial charge in [0, 0.05) is 6.54 Å². The molecule has 0 bridgehead atoms. The number of hydrogen-bond acceptors (Lipinski definition) is 3. The van der Waals surface area contributed by atoms with E-state index in [0.717, 1.165) is 0 Å². The van der Waals surface area contributed by atoms with Crippen molar-refractivity contribution in [2.45, 2.75) is 53.1 Å². The number of nitrogens with zero attached hydrogens (tertiary/aromatic N) is 1. The van der Waals surface area contributed by atoms with Gasteiger partial charge in [-0.05, 0) is 23.7 Å². The number of amides is 1. The molecule has 3 atom stereocenters. The molecule has 19 heavy (non-hydrogen) atoms. The van der Waals surface area contributed by atoms with E-state index in [9.17, 15) is 14.7 Å². The van der Waals surface area contributed by atoms with Crippen molar-refractivity contribution in [1.29, 1.82) is 0 Å². The first kappa shape index (κ1) is 16.0. The quantitative estimate of drug-likeness (QED) is 0.810. The lowest BCUT2D eigenvalue weighted by Crippen LogP contribution is -2.53. The highest BCUT2D eigenvalue weighted by Gasteiger charge is 2.43. The molecule has 1 saturated heterocycles. The molecule has 0 aliphatic carbocycles. The van der Waals surface area contributed by atoms with Gasteiger partial charge in [-0.2, -0.15) is 0 Å². The number of likely N-dealkylation sites (tertiary alicyclic amines) is 1. The second-order valence-electron chi connectivity index (χ2n) is 6.93. The van der Waals surface area contributed by atoms with Gasteiger partial charge in [-0.15, -0.1) is 0 Å². The zero-order valence-corrected chi connectivity index (χ0v) is 12.5. The minimum Gasteiger partial charge on any atom is -0.480 e. The van der Waals surface area contributed by atoms with Gasteiger partial charge < -0.3 is 15.7 Å². The minimum absolute atomic E-state index is 0.234. The molecule has 0 radical (unpaired) electrons. The van der Waals surface area contributed by atoms with Crippen LogP contribution in [0.15, 0.2) is 0 Å². The summed E-state index contributed by atoms with van der Waals surface area (Å²) < 4.78 is 0. The maximum Gasteiger partial charge on any atom is 0.326 e. The lowest BCUT2D eigenvalue weighted by atomic mass is 9.86. The van der Waals surface area contributed by atoms with Gasteiger partial charge in [-0.1, -0.05) is 34.6 Å². The van der Waals surface area contributed by atoms with Crippen LogP contribution in [0.5, 0.6) is 0 Å². The number of nitrogens with two attached hydrogens (primary N) is 1. The molecule has 1 fully saturated rings. The fourth-order valence-electron chi connectivity index (χ4n) is 2.38. The number of hydrogen-bond donors (Lipinski definition) is 2. The Morgan fingerprint density at radius 2 is 1.84 bits per heavy atom. The fourth-order valence-corrected chi connectivity index (χ4v) is 2.38. The van der Waals surface area contributed by atoms with Gasteiger partial charge in [0.05, 0.1) is 6.04 Å². The van der Waals surface area contributed by atoms with Gasteiger partial charge in [0.25, 0.3) is 0 Å². The minimum atomic E-state index is -0.933. The van der Waals surface area contributed by atoms with Crippen molar-refractivity contribution in [3.05, 3.63) is 0 Å². The van der Waals surface area contributed by atoms with E-state index in [1.165, 1.54) is 4.90 Å². The van der Waals surface area contributed by atoms with Crippen LogP contribution in [0.2, 0.25) is 0 Å². The van der Waals surface area contributed by atoms with E-state index >= 15 is 0 Å². The van der Waals surface area contributed by atoms with Crippen LogP contribution in [-0.4, -0.2) is 40.5 Å². The van der Waals surface area contributed by atoms with Gasteiger partial charge in [0.2, 0.25) is 5.91 Å². The average molecular weight is 270 g/mol. The Bertz CT molecular complexity index is 360. The summed E-state index contributed by atoms with van der Waals surface area (Å²) >= 11 is 0. The summed E-state index contributed by atoms with van der Waals surface area (Å²) in [5.74, 6) is -0.580. The lowest BCUT2D eigenvalue weighted by Gasteiger charge is -2.31. The molecular formula is C14H26N2O3. The van der Waals surface area contributed by atoms with Crippen molar-refractivity contribution in [3.8, 4) is 0 Å². The Morgan fingerprint density at radius 1 is 1.32 bits per heavy atom. The van der Waals surface area contributed by atoms with Crippen LogP contribution in [-0.2, 0) is 9.59 Å². The molecular weight excluding hydrogens is 244 g/mol. The fraction of sp³-hybridized carbons (Fsp3) is 0.857. The van der Waals surface area contributed by atoms with Crippen LogP contribution in [0.25, 0.3) is 0 Å². The summed E-state index contributed by atoms with van der Waals surface area (Å²) in [5, 5.41) is 9.28. The third kappa shape index (κ3) is 3.47. The van der Waals surface area contributed by atoms with E-state index in [-0.39, 0.29) is 17.2 Å². The molecule has 0 aromatic heterocycles. The molecule has 1 amide bonds. The van der Waals surface area contributed by atoms with Crippen LogP contribution in [0.3, 0.4) is 0 Å². The van der Waals surface area contributed by atoms with E-state index in [2.05, 4.69) is 13.8 Å². The van der Waals surface area contributed by atoms with Crippen LogP contribution >= 0.6 is 0 Å². The molecule has 3 N–H and O–H groups in total. The summed E-state index contributed by atoms with van der Waals surface area (Å²) in [7, 11) is 0. The number of aliphatic carboxylic acids is 1. The van der Waals surface area contributed by atoms with Crippen molar-refractivity contribution >= 4 is 11.9 Å². The average Bonchev–Trinajstić information content (AvgIpc) is 2.70. The zero-order chi connectivity index (χ0) is 15.0. The predicted molar refractivity (Wildman–Crippen MR) is 73.5 cm³/mol. The van der Waals surface area contributed by atoms with Gasteiger partial charge in [0.1, 0.15) is 6.04 Å². The second kappa shape index (κ2) is 5.49. The number of rotatable bonds is 3.